The maximum Gasteiger partial charge on any atom is 0.259 e. The monoisotopic (exact) mass is 194 g/mol. The van der Waals surface area contributed by atoms with E-state index in [4.69, 9.17) is 11.6 Å². The van der Waals surface area contributed by atoms with Gasteiger partial charge in [0.05, 0.1) is 10.9 Å². The number of fused-ring (bicyclic) bond motifs is 1. The van der Waals surface area contributed by atoms with Crippen LogP contribution in [0.3, 0.4) is 0 Å². The predicted molar refractivity (Wildman–Crippen MR) is 52.1 cm³/mol. The number of rotatable bonds is 0. The van der Waals surface area contributed by atoms with Crippen molar-refractivity contribution in [2.24, 2.45) is 0 Å². The highest BCUT2D eigenvalue weighted by Gasteiger charge is 2.03. The molecular weight excluding hydrogens is 188 g/mol. The summed E-state index contributed by atoms with van der Waals surface area (Å²) in [6.07, 6.45) is 0. The zero-order valence-electron chi connectivity index (χ0n) is 6.97. The second kappa shape index (κ2) is 2.85. The lowest BCUT2D eigenvalue weighted by Gasteiger charge is -1.99. The van der Waals surface area contributed by atoms with E-state index in [2.05, 4.69) is 9.97 Å². The molecule has 0 spiro atoms. The molecule has 1 N–H and O–H groups in total. The quantitative estimate of drug-likeness (QED) is 0.651. The van der Waals surface area contributed by atoms with Crippen LogP contribution in [0, 0.1) is 6.92 Å². The van der Waals surface area contributed by atoms with Gasteiger partial charge in [-0.15, -0.1) is 0 Å². The lowest BCUT2D eigenvalue weighted by Crippen LogP contribution is -2.08. The van der Waals surface area contributed by atoms with Gasteiger partial charge in [0.1, 0.15) is 0 Å². The summed E-state index contributed by atoms with van der Waals surface area (Å²) >= 11 is 5.61. The van der Waals surface area contributed by atoms with Crippen molar-refractivity contribution in [3.8, 4) is 0 Å². The van der Waals surface area contributed by atoms with Crippen LogP contribution in [0.25, 0.3) is 10.9 Å². The number of hydrogen-bond acceptors (Lipinski definition) is 2. The third-order valence-electron chi connectivity index (χ3n) is 1.91. The number of nitrogens with one attached hydrogen (secondary N) is 1. The fourth-order valence-corrected chi connectivity index (χ4v) is 1.51. The summed E-state index contributed by atoms with van der Waals surface area (Å²) in [5.41, 5.74) is 1.35. The summed E-state index contributed by atoms with van der Waals surface area (Å²) in [7, 11) is 0. The number of benzene rings is 1. The average molecular weight is 195 g/mol. The van der Waals surface area contributed by atoms with Crippen LogP contribution < -0.4 is 5.56 Å². The van der Waals surface area contributed by atoms with E-state index in [0.717, 1.165) is 5.56 Å². The minimum Gasteiger partial charge on any atom is -0.297 e. The van der Waals surface area contributed by atoms with Crippen LogP contribution in [0.5, 0.6) is 0 Å². The molecule has 0 saturated carbocycles. The van der Waals surface area contributed by atoms with Crippen molar-refractivity contribution in [1.29, 1.82) is 0 Å². The molecule has 1 heterocycles. The minimum absolute atomic E-state index is 0.128. The Kier molecular flexibility index (Phi) is 1.81. The lowest BCUT2D eigenvalue weighted by atomic mass is 10.1. The van der Waals surface area contributed by atoms with Crippen molar-refractivity contribution in [2.75, 3.05) is 0 Å². The lowest BCUT2D eigenvalue weighted by molar-refractivity contribution is 1.17. The number of halogens is 1. The number of H-pyrrole nitrogens is 1. The van der Waals surface area contributed by atoms with Crippen LogP contribution >= 0.6 is 11.6 Å². The van der Waals surface area contributed by atoms with Gasteiger partial charge in [0.25, 0.3) is 5.56 Å². The maximum absolute atomic E-state index is 11.4. The maximum atomic E-state index is 11.4. The van der Waals surface area contributed by atoms with Crippen molar-refractivity contribution in [1.82, 2.24) is 9.97 Å². The first-order valence-corrected chi connectivity index (χ1v) is 4.21. The molecule has 0 bridgehead atoms. The molecule has 2 aromatic rings. The molecule has 0 aliphatic heterocycles. The zero-order valence-corrected chi connectivity index (χ0v) is 7.72. The molecule has 0 radical (unpaired) electrons. The standard InChI is InChI=1S/C9H7ClN2O/c1-5-3-2-4-6-7(5)8(13)12-9(10)11-6/h2-4H,1H3,(H,11,12,13). The normalized spacial score (nSPS) is 10.6. The number of hydrogen-bond donors (Lipinski definition) is 1. The third-order valence-corrected chi connectivity index (χ3v) is 2.09. The van der Waals surface area contributed by atoms with Crippen molar-refractivity contribution in [3.05, 3.63) is 39.4 Å². The van der Waals surface area contributed by atoms with Crippen LogP contribution in [-0.4, -0.2) is 9.97 Å². The Morgan fingerprint density at radius 3 is 3.00 bits per heavy atom. The molecule has 0 unspecified atom stereocenters. The zero-order chi connectivity index (χ0) is 9.42. The van der Waals surface area contributed by atoms with Crippen molar-refractivity contribution in [2.45, 2.75) is 6.92 Å². The molecule has 1 aromatic carbocycles. The molecule has 13 heavy (non-hydrogen) atoms. The Morgan fingerprint density at radius 1 is 1.46 bits per heavy atom. The molecule has 4 heteroatoms. The molecule has 1 aromatic heterocycles. The van der Waals surface area contributed by atoms with Gasteiger partial charge in [-0.2, -0.15) is 0 Å². The molecule has 2 rings (SSSR count). The largest absolute Gasteiger partial charge is 0.297 e. The fourth-order valence-electron chi connectivity index (χ4n) is 1.33. The van der Waals surface area contributed by atoms with Gasteiger partial charge in [-0.1, -0.05) is 12.1 Å². The minimum atomic E-state index is -0.187. The van der Waals surface area contributed by atoms with E-state index in [1.165, 1.54) is 0 Å². The highest BCUT2D eigenvalue weighted by Crippen LogP contribution is 2.12. The summed E-state index contributed by atoms with van der Waals surface area (Å²) in [6.45, 7) is 1.87. The van der Waals surface area contributed by atoms with E-state index < -0.39 is 0 Å². The molecule has 0 amide bonds. The molecule has 0 aliphatic rings. The Morgan fingerprint density at radius 2 is 2.23 bits per heavy atom. The number of nitrogens with zero attached hydrogens (tertiary/aromatic N) is 1. The highest BCUT2D eigenvalue weighted by atomic mass is 35.5. The second-order valence-corrected chi connectivity index (χ2v) is 3.18. The molecule has 0 aliphatic carbocycles. The second-order valence-electron chi connectivity index (χ2n) is 2.83. The van der Waals surface area contributed by atoms with Crippen LogP contribution in [0.15, 0.2) is 23.0 Å². The highest BCUT2D eigenvalue weighted by molar-refractivity contribution is 6.28. The summed E-state index contributed by atoms with van der Waals surface area (Å²) in [6, 6.07) is 5.48. The molecule has 3 nitrogen and oxygen atoms in total. The summed E-state index contributed by atoms with van der Waals surface area (Å²) in [4.78, 5) is 17.9. The fraction of sp³-hybridized carbons (Fsp3) is 0.111. The first-order chi connectivity index (χ1) is 6.18. The van der Waals surface area contributed by atoms with Gasteiger partial charge in [-0.3, -0.25) is 9.78 Å². The van der Waals surface area contributed by atoms with Crippen LogP contribution in [-0.2, 0) is 0 Å². The van der Waals surface area contributed by atoms with Gasteiger partial charge in [0.15, 0.2) is 0 Å². The van der Waals surface area contributed by atoms with E-state index in [0.29, 0.717) is 10.9 Å². The van der Waals surface area contributed by atoms with Gasteiger partial charge in [-0.25, -0.2) is 4.98 Å². The third kappa shape index (κ3) is 1.31. The molecule has 0 fully saturated rings. The van der Waals surface area contributed by atoms with E-state index in [9.17, 15) is 4.79 Å². The van der Waals surface area contributed by atoms with E-state index in [1.807, 2.05) is 19.1 Å². The Hall–Kier alpha value is -1.35. The van der Waals surface area contributed by atoms with Gasteiger partial charge in [-0.05, 0) is 30.2 Å². The van der Waals surface area contributed by atoms with Gasteiger partial charge in [0, 0.05) is 0 Å². The summed E-state index contributed by atoms with van der Waals surface area (Å²) in [5.74, 6) is 0. The van der Waals surface area contributed by atoms with Crippen molar-refractivity contribution in [3.63, 3.8) is 0 Å². The Bertz CT molecular complexity index is 518. The summed E-state index contributed by atoms with van der Waals surface area (Å²) < 4.78 is 0. The topological polar surface area (TPSA) is 45.8 Å². The van der Waals surface area contributed by atoms with Crippen LogP contribution in [0.2, 0.25) is 5.28 Å². The van der Waals surface area contributed by atoms with Crippen LogP contribution in [0.1, 0.15) is 5.56 Å². The Labute approximate surface area is 79.4 Å². The van der Waals surface area contributed by atoms with E-state index in [-0.39, 0.29) is 10.8 Å². The van der Waals surface area contributed by atoms with Gasteiger partial charge >= 0.3 is 0 Å². The van der Waals surface area contributed by atoms with E-state index >= 15 is 0 Å². The molecule has 66 valence electrons. The Balaban J connectivity index is 3.03. The smallest absolute Gasteiger partial charge is 0.259 e. The van der Waals surface area contributed by atoms with Gasteiger partial charge < -0.3 is 0 Å². The SMILES string of the molecule is Cc1cccc2nc(Cl)[nH]c(=O)c12. The van der Waals surface area contributed by atoms with Crippen LogP contribution in [0.4, 0.5) is 0 Å². The van der Waals surface area contributed by atoms with Crippen molar-refractivity contribution >= 4 is 22.5 Å². The number of aromatic amines is 1. The molecule has 0 atom stereocenters. The summed E-state index contributed by atoms with van der Waals surface area (Å²) in [5, 5.41) is 0.731. The number of aryl methyl sites for hydroxylation is 1. The predicted octanol–water partition coefficient (Wildman–Crippen LogP) is 1.88. The van der Waals surface area contributed by atoms with Crippen molar-refractivity contribution < 1.29 is 0 Å². The first kappa shape index (κ1) is 8.26. The molecule has 0 saturated heterocycles. The van der Waals surface area contributed by atoms with E-state index in [1.54, 1.807) is 6.07 Å². The number of aromatic nitrogens is 2. The average Bonchev–Trinajstić information content (AvgIpc) is 2.02. The first-order valence-electron chi connectivity index (χ1n) is 3.83. The van der Waals surface area contributed by atoms with Gasteiger partial charge in [0.2, 0.25) is 5.28 Å². The molecular formula is C9H7ClN2O.